The van der Waals surface area contributed by atoms with Crippen LogP contribution in [0.25, 0.3) is 0 Å². The molecule has 1 unspecified atom stereocenters. The van der Waals surface area contributed by atoms with E-state index in [1.807, 2.05) is 12.1 Å². The molecule has 1 rings (SSSR count). The Balaban J connectivity index is 2.40. The van der Waals surface area contributed by atoms with Crippen LogP contribution in [0.5, 0.6) is 0 Å². The number of halogens is 1. The summed E-state index contributed by atoms with van der Waals surface area (Å²) in [6, 6.07) is 6.31. The van der Waals surface area contributed by atoms with E-state index in [1.165, 1.54) is 0 Å². The molecule has 0 heterocycles. The first-order valence-corrected chi connectivity index (χ1v) is 9.08. The first-order valence-electron chi connectivity index (χ1n) is 6.97. The second kappa shape index (κ2) is 9.05. The molecule has 0 fully saturated rings. The molecule has 5 nitrogen and oxygen atoms in total. The van der Waals surface area contributed by atoms with Crippen molar-refractivity contribution in [3.8, 4) is 0 Å². The smallest absolute Gasteiger partial charge is 0.326 e. The molecule has 0 aliphatic heterocycles. The van der Waals surface area contributed by atoms with Gasteiger partial charge in [0.25, 0.3) is 0 Å². The lowest BCUT2D eigenvalue weighted by Gasteiger charge is -2.17. The van der Waals surface area contributed by atoms with Crippen LogP contribution in [0, 0.1) is 5.92 Å². The van der Waals surface area contributed by atoms with Crippen molar-refractivity contribution in [1.82, 2.24) is 5.32 Å². The molecule has 0 bridgehead atoms. The molecule has 22 heavy (non-hydrogen) atoms. The molecule has 0 spiro atoms. The number of nitrogens with one attached hydrogen (secondary N) is 1. The highest BCUT2D eigenvalue weighted by Crippen LogP contribution is 2.14. The molecule has 0 aliphatic carbocycles. The number of carbonyl (C=O) groups is 2. The largest absolute Gasteiger partial charge is 0.480 e. The van der Waals surface area contributed by atoms with Gasteiger partial charge in [-0.1, -0.05) is 29.8 Å². The molecule has 2 N–H and O–H groups in total. The highest BCUT2D eigenvalue weighted by Gasteiger charge is 2.23. The van der Waals surface area contributed by atoms with Gasteiger partial charge in [0.1, 0.15) is 6.04 Å². The van der Waals surface area contributed by atoms with Crippen molar-refractivity contribution in [2.24, 2.45) is 5.92 Å². The fraction of sp³-hybridized carbons (Fsp3) is 0.467. The molecule has 7 heteroatoms. The van der Waals surface area contributed by atoms with E-state index < -0.39 is 22.8 Å². The number of amides is 1. The summed E-state index contributed by atoms with van der Waals surface area (Å²) in [5.41, 5.74) is 0. The van der Waals surface area contributed by atoms with E-state index in [9.17, 15) is 13.8 Å². The lowest BCUT2D eigenvalue weighted by Crippen LogP contribution is -2.44. The average Bonchev–Trinajstić information content (AvgIpc) is 2.44. The van der Waals surface area contributed by atoms with Gasteiger partial charge in [-0.2, -0.15) is 0 Å². The monoisotopic (exact) mass is 389 g/mol. The van der Waals surface area contributed by atoms with E-state index in [-0.39, 0.29) is 18.2 Å². The molecule has 1 aromatic carbocycles. The molecule has 2 atom stereocenters. The third-order valence-corrected chi connectivity index (χ3v) is 5.05. The van der Waals surface area contributed by atoms with E-state index in [1.54, 1.807) is 26.0 Å². The van der Waals surface area contributed by atoms with Crippen LogP contribution in [-0.2, 0) is 20.4 Å². The Labute approximate surface area is 141 Å². The summed E-state index contributed by atoms with van der Waals surface area (Å²) >= 11 is 3.31. The summed E-state index contributed by atoms with van der Waals surface area (Å²) in [7, 11) is -1.16. The maximum absolute atomic E-state index is 12.0. The Morgan fingerprint density at radius 2 is 1.86 bits per heavy atom. The molecule has 0 saturated heterocycles. The van der Waals surface area contributed by atoms with Gasteiger partial charge in [-0.15, -0.1) is 0 Å². The van der Waals surface area contributed by atoms with Crippen molar-refractivity contribution >= 4 is 38.6 Å². The van der Waals surface area contributed by atoms with Gasteiger partial charge >= 0.3 is 5.97 Å². The Hall–Kier alpha value is -1.21. The summed E-state index contributed by atoms with van der Waals surface area (Å²) < 4.78 is 13.0. The van der Waals surface area contributed by atoms with Crippen LogP contribution in [0.2, 0.25) is 0 Å². The van der Waals surface area contributed by atoms with E-state index in [0.29, 0.717) is 17.1 Å². The highest BCUT2D eigenvalue weighted by molar-refractivity contribution is 9.10. The highest BCUT2D eigenvalue weighted by atomic mass is 79.9. The van der Waals surface area contributed by atoms with Gasteiger partial charge in [0, 0.05) is 21.5 Å². The van der Waals surface area contributed by atoms with Crippen LogP contribution >= 0.6 is 15.9 Å². The Bertz CT molecular complexity index is 545. The number of carboxylic acids is 1. The van der Waals surface area contributed by atoms with Gasteiger partial charge in [0.2, 0.25) is 5.91 Å². The Morgan fingerprint density at radius 1 is 1.27 bits per heavy atom. The van der Waals surface area contributed by atoms with Crippen LogP contribution in [0.4, 0.5) is 0 Å². The third kappa shape index (κ3) is 6.27. The molecule has 0 aliphatic rings. The van der Waals surface area contributed by atoms with Crippen LogP contribution in [0.15, 0.2) is 33.6 Å². The summed E-state index contributed by atoms with van der Waals surface area (Å²) in [6.07, 6.45) is 0.609. The minimum atomic E-state index is -1.16. The first kappa shape index (κ1) is 18.8. The van der Waals surface area contributed by atoms with Crippen molar-refractivity contribution in [3.63, 3.8) is 0 Å². The number of carbonyl (C=O) groups excluding carboxylic acids is 1. The number of aliphatic carboxylic acids is 1. The van der Waals surface area contributed by atoms with Crippen molar-refractivity contribution in [1.29, 1.82) is 0 Å². The van der Waals surface area contributed by atoms with Gasteiger partial charge < -0.3 is 10.4 Å². The van der Waals surface area contributed by atoms with Crippen LogP contribution in [-0.4, -0.2) is 33.0 Å². The molecule has 1 amide bonds. The maximum atomic E-state index is 12.0. The fourth-order valence-corrected chi connectivity index (χ4v) is 3.17. The van der Waals surface area contributed by atoms with E-state index in [0.717, 1.165) is 4.47 Å². The molecular weight excluding hydrogens is 370 g/mol. The fourth-order valence-electron chi connectivity index (χ4n) is 1.83. The van der Waals surface area contributed by atoms with E-state index in [2.05, 4.69) is 21.2 Å². The van der Waals surface area contributed by atoms with E-state index in [4.69, 9.17) is 5.11 Å². The summed E-state index contributed by atoms with van der Waals surface area (Å²) in [4.78, 5) is 23.5. The maximum Gasteiger partial charge on any atom is 0.326 e. The van der Waals surface area contributed by atoms with Crippen LogP contribution in [0.1, 0.15) is 26.7 Å². The zero-order valence-corrected chi connectivity index (χ0v) is 14.9. The summed E-state index contributed by atoms with van der Waals surface area (Å²) in [5, 5.41) is 11.5. The predicted molar refractivity (Wildman–Crippen MR) is 89.1 cm³/mol. The lowest BCUT2D eigenvalue weighted by atomic mass is 10.0. The van der Waals surface area contributed by atoms with Crippen molar-refractivity contribution in [2.75, 3.05) is 5.75 Å². The normalized spacial score (nSPS) is 13.6. The molecule has 0 aromatic heterocycles. The minimum absolute atomic E-state index is 0.165. The van der Waals surface area contributed by atoms with Crippen molar-refractivity contribution < 1.29 is 18.9 Å². The number of benzene rings is 1. The second-order valence-corrected chi connectivity index (χ2v) is 7.72. The molecule has 0 saturated carbocycles. The number of hydrogen-bond donors (Lipinski definition) is 2. The zero-order chi connectivity index (χ0) is 16.7. The molecular formula is C15H20BrNO4S. The van der Waals surface area contributed by atoms with Gasteiger partial charge in [0.05, 0.1) is 10.8 Å². The SMILES string of the molecule is CC(C)[C@H](NC(=O)CCCS(=O)c1ccc(Br)cc1)C(=O)O. The zero-order valence-electron chi connectivity index (χ0n) is 12.5. The first-order chi connectivity index (χ1) is 10.3. The van der Waals surface area contributed by atoms with Crippen molar-refractivity contribution in [2.45, 2.75) is 37.6 Å². The van der Waals surface area contributed by atoms with E-state index >= 15 is 0 Å². The van der Waals surface area contributed by atoms with Gasteiger partial charge in [0.15, 0.2) is 0 Å². The Morgan fingerprint density at radius 3 is 2.36 bits per heavy atom. The standard InChI is InChI=1S/C15H20BrNO4S/c1-10(2)14(15(19)20)17-13(18)4-3-9-22(21)12-7-5-11(16)6-8-12/h5-8,10,14H,3-4,9H2,1-2H3,(H,17,18)(H,19,20)/t14-,22?/m0/s1. The van der Waals surface area contributed by atoms with Crippen LogP contribution in [0.3, 0.4) is 0 Å². The summed E-state index contributed by atoms with van der Waals surface area (Å²) in [6.45, 7) is 3.48. The third-order valence-electron chi connectivity index (χ3n) is 3.06. The average molecular weight is 390 g/mol. The number of carboxylic acid groups (broad SMARTS) is 1. The lowest BCUT2D eigenvalue weighted by molar-refractivity contribution is -0.143. The van der Waals surface area contributed by atoms with Crippen molar-refractivity contribution in [3.05, 3.63) is 28.7 Å². The topological polar surface area (TPSA) is 83.5 Å². The minimum Gasteiger partial charge on any atom is -0.480 e. The number of rotatable bonds is 8. The summed E-state index contributed by atoms with van der Waals surface area (Å²) in [5.74, 6) is -1.18. The Kier molecular flexibility index (Phi) is 7.75. The predicted octanol–water partition coefficient (Wildman–Crippen LogP) is 2.56. The quantitative estimate of drug-likeness (QED) is 0.715. The van der Waals surface area contributed by atoms with Gasteiger partial charge in [-0.3, -0.25) is 9.00 Å². The van der Waals surface area contributed by atoms with Crippen LogP contribution < -0.4 is 5.32 Å². The second-order valence-electron chi connectivity index (χ2n) is 5.23. The molecule has 122 valence electrons. The molecule has 1 aromatic rings. The van der Waals surface area contributed by atoms with Gasteiger partial charge in [-0.25, -0.2) is 4.79 Å². The number of hydrogen-bond acceptors (Lipinski definition) is 3. The van der Waals surface area contributed by atoms with Gasteiger partial charge in [-0.05, 0) is 36.6 Å². The molecule has 0 radical (unpaired) electrons.